The largest absolute Gasteiger partial charge is 0.350 e. The summed E-state index contributed by atoms with van der Waals surface area (Å²) in [5, 5.41) is 9.24. The highest BCUT2D eigenvalue weighted by Crippen LogP contribution is 2.05. The Kier molecular flexibility index (Phi) is 4.43. The number of carbonyl (C=O) groups is 2. The maximum Gasteiger partial charge on any atom is 0.239 e. The van der Waals surface area contributed by atoms with E-state index in [0.717, 1.165) is 5.56 Å². The van der Waals surface area contributed by atoms with Crippen LogP contribution in [0.1, 0.15) is 12.5 Å². The summed E-state index contributed by atoms with van der Waals surface area (Å²) in [4.78, 5) is 26.4. The first kappa shape index (κ1) is 13.7. The van der Waals surface area contributed by atoms with Crippen molar-refractivity contribution in [3.05, 3.63) is 42.4 Å². The molecule has 0 fully saturated rings. The van der Waals surface area contributed by atoms with Gasteiger partial charge in [0.25, 0.3) is 0 Å². The highest BCUT2D eigenvalue weighted by Gasteiger charge is 2.04. The van der Waals surface area contributed by atoms with Crippen LogP contribution in [0, 0.1) is 0 Å². The number of amides is 2. The lowest BCUT2D eigenvalue weighted by Crippen LogP contribution is -2.35. The maximum atomic E-state index is 11.5. The molecule has 0 radical (unpaired) electrons. The van der Waals surface area contributed by atoms with Crippen molar-refractivity contribution in [3.8, 4) is 5.82 Å². The third-order valence-electron chi connectivity index (χ3n) is 2.54. The molecule has 0 spiro atoms. The number of aromatic nitrogens is 3. The number of rotatable bonds is 5. The standard InChI is InChI=1S/C13H15N5O2/c1-10(19)15-9-13(20)16-8-11-3-5-14-12(7-11)18-6-2-4-17-18/h2-7H,8-9H2,1H3,(H,15,19)(H,16,20). The van der Waals surface area contributed by atoms with Crippen LogP contribution in [-0.2, 0) is 16.1 Å². The highest BCUT2D eigenvalue weighted by molar-refractivity contribution is 5.83. The summed E-state index contributed by atoms with van der Waals surface area (Å²) in [6, 6.07) is 5.46. The zero-order valence-corrected chi connectivity index (χ0v) is 11.0. The van der Waals surface area contributed by atoms with Gasteiger partial charge in [0.2, 0.25) is 11.8 Å². The van der Waals surface area contributed by atoms with E-state index in [1.165, 1.54) is 6.92 Å². The van der Waals surface area contributed by atoms with Gasteiger partial charge < -0.3 is 10.6 Å². The van der Waals surface area contributed by atoms with E-state index in [0.29, 0.717) is 12.4 Å². The van der Waals surface area contributed by atoms with Gasteiger partial charge in [0.15, 0.2) is 5.82 Å². The molecule has 0 aromatic carbocycles. The van der Waals surface area contributed by atoms with E-state index in [-0.39, 0.29) is 18.4 Å². The average Bonchev–Trinajstić information content (AvgIpc) is 2.97. The van der Waals surface area contributed by atoms with Gasteiger partial charge in [-0.25, -0.2) is 9.67 Å². The van der Waals surface area contributed by atoms with Gasteiger partial charge in [-0.05, 0) is 23.8 Å². The van der Waals surface area contributed by atoms with Gasteiger partial charge in [0.05, 0.1) is 6.54 Å². The fraction of sp³-hybridized carbons (Fsp3) is 0.231. The Labute approximate surface area is 116 Å². The van der Waals surface area contributed by atoms with Crippen molar-refractivity contribution >= 4 is 11.8 Å². The van der Waals surface area contributed by atoms with Crippen molar-refractivity contribution in [1.29, 1.82) is 0 Å². The normalized spacial score (nSPS) is 10.1. The number of hydrogen-bond donors (Lipinski definition) is 2. The van der Waals surface area contributed by atoms with Crippen LogP contribution in [0.4, 0.5) is 0 Å². The van der Waals surface area contributed by atoms with Crippen LogP contribution < -0.4 is 10.6 Å². The molecule has 0 unspecified atom stereocenters. The lowest BCUT2D eigenvalue weighted by Gasteiger charge is -2.07. The van der Waals surface area contributed by atoms with Crippen molar-refractivity contribution in [2.24, 2.45) is 0 Å². The average molecular weight is 273 g/mol. The fourth-order valence-electron chi connectivity index (χ4n) is 1.57. The molecular weight excluding hydrogens is 258 g/mol. The molecule has 2 aromatic heterocycles. The summed E-state index contributed by atoms with van der Waals surface area (Å²) < 4.78 is 1.64. The number of nitrogens with zero attached hydrogens (tertiary/aromatic N) is 3. The predicted octanol–water partition coefficient (Wildman–Crippen LogP) is 0.0196. The Morgan fingerprint density at radius 1 is 1.30 bits per heavy atom. The number of hydrogen-bond acceptors (Lipinski definition) is 4. The van der Waals surface area contributed by atoms with Crippen molar-refractivity contribution in [2.75, 3.05) is 6.54 Å². The van der Waals surface area contributed by atoms with Crippen LogP contribution in [0.3, 0.4) is 0 Å². The molecule has 2 rings (SSSR count). The monoisotopic (exact) mass is 273 g/mol. The molecule has 0 atom stereocenters. The van der Waals surface area contributed by atoms with Crippen LogP contribution >= 0.6 is 0 Å². The first-order valence-electron chi connectivity index (χ1n) is 6.11. The zero-order valence-electron chi connectivity index (χ0n) is 11.0. The van der Waals surface area contributed by atoms with Gasteiger partial charge in [0.1, 0.15) is 0 Å². The van der Waals surface area contributed by atoms with Gasteiger partial charge in [-0.1, -0.05) is 0 Å². The van der Waals surface area contributed by atoms with Gasteiger partial charge in [-0.2, -0.15) is 5.10 Å². The van der Waals surface area contributed by atoms with Crippen LogP contribution in [-0.4, -0.2) is 33.1 Å². The Hall–Kier alpha value is -2.70. The van der Waals surface area contributed by atoms with E-state index in [4.69, 9.17) is 0 Å². The van der Waals surface area contributed by atoms with E-state index >= 15 is 0 Å². The molecule has 2 heterocycles. The Morgan fingerprint density at radius 2 is 2.15 bits per heavy atom. The lowest BCUT2D eigenvalue weighted by molar-refractivity contribution is -0.125. The van der Waals surface area contributed by atoms with Crippen molar-refractivity contribution in [2.45, 2.75) is 13.5 Å². The molecule has 0 saturated heterocycles. The maximum absolute atomic E-state index is 11.5. The minimum Gasteiger partial charge on any atom is -0.350 e. The third kappa shape index (κ3) is 3.91. The SMILES string of the molecule is CC(=O)NCC(=O)NCc1ccnc(-n2cccn2)c1. The number of carbonyl (C=O) groups excluding carboxylic acids is 2. The van der Waals surface area contributed by atoms with Crippen LogP contribution in [0.25, 0.3) is 5.82 Å². The Bertz CT molecular complexity index is 595. The molecule has 0 aliphatic heterocycles. The van der Waals surface area contributed by atoms with Gasteiger partial charge in [-0.15, -0.1) is 0 Å². The van der Waals surface area contributed by atoms with Crippen molar-refractivity contribution in [3.63, 3.8) is 0 Å². The summed E-state index contributed by atoms with van der Waals surface area (Å²) in [6.45, 7) is 1.72. The molecule has 7 heteroatoms. The Morgan fingerprint density at radius 3 is 2.85 bits per heavy atom. The van der Waals surface area contributed by atoms with Gasteiger partial charge in [-0.3, -0.25) is 9.59 Å². The highest BCUT2D eigenvalue weighted by atomic mass is 16.2. The predicted molar refractivity (Wildman–Crippen MR) is 71.9 cm³/mol. The molecule has 0 aliphatic rings. The molecule has 2 N–H and O–H groups in total. The Balaban J connectivity index is 1.92. The molecule has 2 amide bonds. The second kappa shape index (κ2) is 6.46. The minimum absolute atomic E-state index is 0.0214. The van der Waals surface area contributed by atoms with Crippen LogP contribution in [0.5, 0.6) is 0 Å². The summed E-state index contributed by atoms with van der Waals surface area (Å²) in [6.07, 6.45) is 5.12. The lowest BCUT2D eigenvalue weighted by atomic mass is 10.2. The summed E-state index contributed by atoms with van der Waals surface area (Å²) >= 11 is 0. The van der Waals surface area contributed by atoms with Crippen LogP contribution in [0.2, 0.25) is 0 Å². The van der Waals surface area contributed by atoms with Gasteiger partial charge >= 0.3 is 0 Å². The quantitative estimate of drug-likeness (QED) is 0.803. The van der Waals surface area contributed by atoms with E-state index in [9.17, 15) is 9.59 Å². The van der Waals surface area contributed by atoms with Crippen molar-refractivity contribution in [1.82, 2.24) is 25.4 Å². The smallest absolute Gasteiger partial charge is 0.239 e. The molecule has 20 heavy (non-hydrogen) atoms. The molecule has 0 aliphatic carbocycles. The van der Waals surface area contributed by atoms with E-state index in [2.05, 4.69) is 20.7 Å². The number of nitrogens with one attached hydrogen (secondary N) is 2. The molecule has 0 bridgehead atoms. The first-order valence-corrected chi connectivity index (χ1v) is 6.11. The van der Waals surface area contributed by atoms with Crippen molar-refractivity contribution < 1.29 is 9.59 Å². The van der Waals surface area contributed by atoms with E-state index in [1.54, 1.807) is 23.3 Å². The summed E-state index contributed by atoms with van der Waals surface area (Å²) in [5.41, 5.74) is 0.904. The second-order valence-electron chi connectivity index (χ2n) is 4.16. The zero-order chi connectivity index (χ0) is 14.4. The molecular formula is C13H15N5O2. The summed E-state index contributed by atoms with van der Waals surface area (Å²) in [5.74, 6) is 0.214. The topological polar surface area (TPSA) is 88.9 Å². The first-order chi connectivity index (χ1) is 9.65. The third-order valence-corrected chi connectivity index (χ3v) is 2.54. The van der Waals surface area contributed by atoms with Gasteiger partial charge in [0, 0.05) is 32.1 Å². The minimum atomic E-state index is -0.238. The molecule has 7 nitrogen and oxygen atoms in total. The molecule has 0 saturated carbocycles. The van der Waals surface area contributed by atoms with E-state index in [1.807, 2.05) is 18.2 Å². The molecule has 2 aromatic rings. The summed E-state index contributed by atoms with van der Waals surface area (Å²) in [7, 11) is 0. The molecule has 104 valence electrons. The second-order valence-corrected chi connectivity index (χ2v) is 4.16. The van der Waals surface area contributed by atoms with E-state index < -0.39 is 0 Å². The van der Waals surface area contributed by atoms with Crippen LogP contribution in [0.15, 0.2) is 36.8 Å². The fourth-order valence-corrected chi connectivity index (χ4v) is 1.57. The number of pyridine rings is 1.